The van der Waals surface area contributed by atoms with Gasteiger partial charge in [-0.15, -0.1) is 0 Å². The van der Waals surface area contributed by atoms with E-state index in [9.17, 15) is 32.7 Å². The molecule has 10 rings (SSSR count). The number of amides is 1. The average Bonchev–Trinajstić information content (AvgIpc) is 4.02. The van der Waals surface area contributed by atoms with Gasteiger partial charge in [0.1, 0.15) is 11.2 Å². The van der Waals surface area contributed by atoms with E-state index in [-0.39, 0.29) is 12.3 Å². The number of carbonyl (C=O) groups is 4. The van der Waals surface area contributed by atoms with Gasteiger partial charge in [-0.25, -0.2) is 4.79 Å². The first-order valence-electron chi connectivity index (χ1n) is 24.6. The standard InChI is InChI=1S/C54H62F3N5O9/c1-8-49(59-43(64)35-16-10-12-17-36(35)54(55,56)57)27-32-28-52(47(65)69-6,42-34(19-23-61(29-32)30-49)33-15-11-13-18-39(33)58-42)38-25-37-40(26-41(38)68-5)60(4)45-51(37)21-24-62-22-14-20-50(9-2,44(51)62)46(71-31(3)63)53(45,67)48(66)70-7/h10-18,20,25-26,32,44-46,58,67H,8-9,19,21-24,27-30H2,1-7H3,(H,59,64)/t32-,44+,45-,46-,49+,50-,51-,52+,53+/m1/s1. The second-order valence-corrected chi connectivity index (χ2v) is 20.8. The molecule has 0 radical (unpaired) electrons. The van der Waals surface area contributed by atoms with Gasteiger partial charge in [-0.2, -0.15) is 13.2 Å². The number of para-hydroxylation sites is 1. The Morgan fingerprint density at radius 3 is 2.34 bits per heavy atom. The summed E-state index contributed by atoms with van der Waals surface area (Å²) in [7, 11) is 5.91. The van der Waals surface area contributed by atoms with Crippen LogP contribution in [0.4, 0.5) is 18.9 Å². The van der Waals surface area contributed by atoms with Crippen molar-refractivity contribution < 1.29 is 56.4 Å². The van der Waals surface area contributed by atoms with Crippen molar-refractivity contribution in [2.45, 2.75) is 106 Å². The van der Waals surface area contributed by atoms with Crippen molar-refractivity contribution in [1.82, 2.24) is 20.1 Å². The van der Waals surface area contributed by atoms with Crippen molar-refractivity contribution in [3.63, 3.8) is 0 Å². The fourth-order valence-corrected chi connectivity index (χ4v) is 14.9. The van der Waals surface area contributed by atoms with Crippen LogP contribution < -0.4 is 15.0 Å². The Hall–Kier alpha value is -5.91. The molecule has 1 spiro atoms. The third-order valence-electron chi connectivity index (χ3n) is 17.5. The monoisotopic (exact) mass is 981 g/mol. The van der Waals surface area contributed by atoms with Crippen LogP contribution in [0.1, 0.15) is 91.2 Å². The Labute approximate surface area is 410 Å². The number of carbonyl (C=O) groups excluding carboxylic acids is 4. The molecule has 378 valence electrons. The molecule has 10 atom stereocenters. The molecule has 71 heavy (non-hydrogen) atoms. The van der Waals surface area contributed by atoms with Gasteiger partial charge in [-0.1, -0.05) is 56.3 Å². The number of likely N-dealkylation sites (N-methyl/N-ethyl adjacent to an activating group) is 1. The molecule has 14 nitrogen and oxygen atoms in total. The summed E-state index contributed by atoms with van der Waals surface area (Å²) in [6.45, 7) is 7.69. The van der Waals surface area contributed by atoms with E-state index in [2.05, 4.69) is 20.1 Å². The number of nitrogens with one attached hydrogen (secondary N) is 2. The Morgan fingerprint density at radius 2 is 1.65 bits per heavy atom. The number of fused-ring (bicyclic) bond motifs is 6. The van der Waals surface area contributed by atoms with Crippen molar-refractivity contribution in [2.75, 3.05) is 66.0 Å². The number of halogens is 3. The van der Waals surface area contributed by atoms with E-state index in [1.807, 2.05) is 74.3 Å². The highest BCUT2D eigenvalue weighted by molar-refractivity contribution is 5.97. The van der Waals surface area contributed by atoms with Crippen molar-refractivity contribution in [3.8, 4) is 5.75 Å². The third kappa shape index (κ3) is 6.84. The first kappa shape index (κ1) is 48.7. The van der Waals surface area contributed by atoms with E-state index in [1.54, 1.807) is 0 Å². The lowest BCUT2D eigenvalue weighted by Gasteiger charge is -2.63. The van der Waals surface area contributed by atoms with Crippen LogP contribution in [0.15, 0.2) is 72.8 Å². The Balaban J connectivity index is 1.20. The average molecular weight is 982 g/mol. The molecule has 1 aromatic heterocycles. The quantitative estimate of drug-likeness (QED) is 0.0957. The second kappa shape index (κ2) is 17.1. The maximum absolute atomic E-state index is 15.7. The number of alkyl halides is 3. The van der Waals surface area contributed by atoms with Gasteiger partial charge in [0.05, 0.1) is 44.0 Å². The summed E-state index contributed by atoms with van der Waals surface area (Å²) < 4.78 is 67.1. The molecule has 2 saturated heterocycles. The first-order valence-corrected chi connectivity index (χ1v) is 24.6. The van der Waals surface area contributed by atoms with Gasteiger partial charge in [-0.05, 0) is 86.4 Å². The predicted octanol–water partition coefficient (Wildman–Crippen LogP) is 6.45. The van der Waals surface area contributed by atoms with E-state index in [4.69, 9.17) is 18.9 Å². The minimum absolute atomic E-state index is 0.131. The highest BCUT2D eigenvalue weighted by atomic mass is 19.4. The number of anilines is 1. The molecule has 3 fully saturated rings. The zero-order chi connectivity index (χ0) is 50.6. The van der Waals surface area contributed by atoms with Crippen molar-refractivity contribution in [2.24, 2.45) is 11.3 Å². The van der Waals surface area contributed by atoms with Crippen molar-refractivity contribution in [3.05, 3.63) is 106 Å². The molecule has 5 aliphatic heterocycles. The summed E-state index contributed by atoms with van der Waals surface area (Å²) in [4.78, 5) is 67.7. The number of H-pyrrole nitrogens is 1. The third-order valence-corrected chi connectivity index (χ3v) is 17.5. The van der Waals surface area contributed by atoms with Gasteiger partial charge < -0.3 is 44.2 Å². The zero-order valence-corrected chi connectivity index (χ0v) is 41.2. The van der Waals surface area contributed by atoms with E-state index >= 15 is 4.79 Å². The lowest BCUT2D eigenvalue weighted by atomic mass is 9.47. The molecule has 6 heterocycles. The summed E-state index contributed by atoms with van der Waals surface area (Å²) in [5, 5.41) is 17.5. The number of rotatable bonds is 9. The lowest BCUT2D eigenvalue weighted by molar-refractivity contribution is -0.228. The molecule has 3 aromatic carbocycles. The molecular weight excluding hydrogens is 920 g/mol. The first-order chi connectivity index (χ1) is 33.8. The molecule has 17 heteroatoms. The largest absolute Gasteiger partial charge is 0.496 e. The lowest BCUT2D eigenvalue weighted by Crippen LogP contribution is -2.81. The topological polar surface area (TPSA) is 163 Å². The maximum Gasteiger partial charge on any atom is 0.417 e. The van der Waals surface area contributed by atoms with Gasteiger partial charge in [0.15, 0.2) is 6.10 Å². The zero-order valence-electron chi connectivity index (χ0n) is 41.2. The number of methoxy groups -OCH3 is 3. The second-order valence-electron chi connectivity index (χ2n) is 20.8. The number of aliphatic hydroxyl groups is 1. The fraction of sp³-hybridized carbons (Fsp3) is 0.519. The number of aromatic amines is 1. The number of nitrogens with zero attached hydrogens (tertiary/aromatic N) is 3. The van der Waals surface area contributed by atoms with Gasteiger partial charge in [0.2, 0.25) is 5.60 Å². The van der Waals surface area contributed by atoms with Gasteiger partial charge >= 0.3 is 24.1 Å². The van der Waals surface area contributed by atoms with Gasteiger partial charge in [0, 0.05) is 90.9 Å². The summed E-state index contributed by atoms with van der Waals surface area (Å²) in [5.74, 6) is -3.02. The SMILES string of the molecule is CC[C@]1(NC(=O)c2ccccc2C(F)(F)F)C[C@H]2CN(CCc3c([nH]c4ccccc34)[C@@](C(=O)OC)(c3cc4c(cc3OC)N(C)[C@H]3[C@@](O)(C(=O)OC)[C@H](OC(C)=O)[C@]5(CC)C=CCN6CC[C@]43[C@@H]65)C2)C1. The number of esters is 3. The minimum atomic E-state index is -4.76. The molecule has 2 bridgehead atoms. The summed E-state index contributed by atoms with van der Waals surface area (Å²) in [5.41, 5.74) is -4.40. The fourth-order valence-electron chi connectivity index (χ4n) is 14.9. The smallest absolute Gasteiger partial charge is 0.417 e. The highest BCUT2D eigenvalue weighted by Crippen LogP contribution is 2.68. The van der Waals surface area contributed by atoms with Crippen LogP contribution in [-0.2, 0) is 52.0 Å². The van der Waals surface area contributed by atoms with Crippen LogP contribution in [0.2, 0.25) is 0 Å². The molecule has 6 aliphatic rings. The molecule has 1 saturated carbocycles. The number of piperidine rings is 1. The normalized spacial score (nSPS) is 32.8. The molecule has 4 aromatic rings. The van der Waals surface area contributed by atoms with Crippen LogP contribution in [0.25, 0.3) is 10.9 Å². The van der Waals surface area contributed by atoms with Crippen LogP contribution in [0.5, 0.6) is 5.75 Å². The van der Waals surface area contributed by atoms with Crippen LogP contribution in [0, 0.1) is 11.3 Å². The van der Waals surface area contributed by atoms with Crippen LogP contribution >= 0.6 is 0 Å². The number of hydrogen-bond donors (Lipinski definition) is 3. The summed E-state index contributed by atoms with van der Waals surface area (Å²) in [6, 6.07) is 15.1. The molecule has 3 N–H and O–H groups in total. The number of ether oxygens (including phenoxy) is 4. The maximum atomic E-state index is 15.7. The van der Waals surface area contributed by atoms with E-state index in [0.717, 1.165) is 28.1 Å². The van der Waals surface area contributed by atoms with Gasteiger partial charge in [0.25, 0.3) is 5.91 Å². The van der Waals surface area contributed by atoms with Gasteiger partial charge in [-0.3, -0.25) is 19.3 Å². The number of hydrogen-bond acceptors (Lipinski definition) is 12. The predicted molar refractivity (Wildman–Crippen MR) is 257 cm³/mol. The van der Waals surface area contributed by atoms with Crippen molar-refractivity contribution in [1.29, 1.82) is 0 Å². The Morgan fingerprint density at radius 1 is 0.915 bits per heavy atom. The summed E-state index contributed by atoms with van der Waals surface area (Å²) in [6.07, 6.45) is 0.0865. The summed E-state index contributed by atoms with van der Waals surface area (Å²) >= 11 is 0. The molecule has 1 amide bonds. The highest BCUT2D eigenvalue weighted by Gasteiger charge is 2.80. The Kier molecular flexibility index (Phi) is 11.7. The Bertz CT molecular complexity index is 2870. The molecule has 1 aliphatic carbocycles. The minimum Gasteiger partial charge on any atom is -0.496 e. The molecule has 1 unspecified atom stereocenters. The van der Waals surface area contributed by atoms with E-state index in [0.29, 0.717) is 87.5 Å². The van der Waals surface area contributed by atoms with Crippen molar-refractivity contribution >= 4 is 40.4 Å². The number of aromatic nitrogens is 1. The molecular formula is C54H62F3N5O9. The van der Waals surface area contributed by atoms with E-state index in [1.165, 1.54) is 46.5 Å². The van der Waals surface area contributed by atoms with Crippen LogP contribution in [-0.4, -0.2) is 134 Å². The number of benzene rings is 3. The van der Waals surface area contributed by atoms with Crippen LogP contribution in [0.3, 0.4) is 0 Å². The van der Waals surface area contributed by atoms with E-state index < -0.39 is 86.7 Å².